The molecule has 1 aromatic heterocycles. The second-order valence-electron chi connectivity index (χ2n) is 5.69. The van der Waals surface area contributed by atoms with Gasteiger partial charge in [-0.3, -0.25) is 18.7 Å². The van der Waals surface area contributed by atoms with Gasteiger partial charge in [-0.05, 0) is 31.5 Å². The minimum Gasteiger partial charge on any atom is -0.288 e. The summed E-state index contributed by atoms with van der Waals surface area (Å²) in [6.07, 6.45) is 4.76. The van der Waals surface area contributed by atoms with Gasteiger partial charge >= 0.3 is 0 Å². The molecule has 0 amide bonds. The van der Waals surface area contributed by atoms with Crippen LogP contribution in [0.1, 0.15) is 56.4 Å². The van der Waals surface area contributed by atoms with E-state index in [1.165, 1.54) is 21.6 Å². The number of nitrogens with zero attached hydrogens (tertiary/aromatic N) is 2. The van der Waals surface area contributed by atoms with Crippen LogP contribution in [-0.2, 0) is 7.05 Å². The molecular weight excluding hydrogens is 272 g/mol. The van der Waals surface area contributed by atoms with Crippen molar-refractivity contribution in [1.82, 2.24) is 9.13 Å². The summed E-state index contributed by atoms with van der Waals surface area (Å²) in [7, 11) is 1.59. The van der Waals surface area contributed by atoms with E-state index in [4.69, 9.17) is 12.2 Å². The van der Waals surface area contributed by atoms with Crippen LogP contribution in [0.15, 0.2) is 10.9 Å². The normalized spacial score (nSPS) is 11.1. The molecule has 0 saturated heterocycles. The van der Waals surface area contributed by atoms with Gasteiger partial charge in [0.05, 0.1) is 0 Å². The second-order valence-corrected chi connectivity index (χ2v) is 6.05. The monoisotopic (exact) mass is 296 g/mol. The highest BCUT2D eigenvalue weighted by atomic mass is 32.1. The first-order valence-corrected chi connectivity index (χ1v) is 7.58. The molecule has 0 saturated carbocycles. The van der Waals surface area contributed by atoms with Gasteiger partial charge in [0.2, 0.25) is 5.91 Å². The van der Waals surface area contributed by atoms with Crippen molar-refractivity contribution in [1.29, 1.82) is 0 Å². The lowest BCUT2D eigenvalue weighted by molar-refractivity contribution is 0.0891. The fourth-order valence-electron chi connectivity index (χ4n) is 2.16. The van der Waals surface area contributed by atoms with E-state index in [1.54, 1.807) is 14.0 Å². The Morgan fingerprint density at radius 1 is 1.30 bits per heavy atom. The van der Waals surface area contributed by atoms with Crippen molar-refractivity contribution in [3.63, 3.8) is 0 Å². The highest BCUT2D eigenvalue weighted by Crippen LogP contribution is 2.10. The predicted octanol–water partition coefficient (Wildman–Crippen LogP) is 3.47. The van der Waals surface area contributed by atoms with Crippen LogP contribution in [-0.4, -0.2) is 15.0 Å². The first-order valence-electron chi connectivity index (χ1n) is 7.17. The molecule has 0 aliphatic rings. The summed E-state index contributed by atoms with van der Waals surface area (Å²) in [5, 5.41) is 0. The third-order valence-electron chi connectivity index (χ3n) is 3.42. The van der Waals surface area contributed by atoms with Gasteiger partial charge in [0.1, 0.15) is 0 Å². The van der Waals surface area contributed by atoms with E-state index in [0.29, 0.717) is 18.0 Å². The summed E-state index contributed by atoms with van der Waals surface area (Å²) in [5.74, 6) is 0.692. The average Bonchev–Trinajstić information content (AvgIpc) is 2.35. The van der Waals surface area contributed by atoms with Crippen LogP contribution >= 0.6 is 12.2 Å². The average molecular weight is 296 g/mol. The smallest absolute Gasteiger partial charge is 0.254 e. The van der Waals surface area contributed by atoms with Gasteiger partial charge in [0.25, 0.3) is 5.56 Å². The molecule has 0 aliphatic heterocycles. The van der Waals surface area contributed by atoms with Crippen molar-refractivity contribution in [3.8, 4) is 0 Å². The van der Waals surface area contributed by atoms with Crippen molar-refractivity contribution in [2.45, 2.75) is 52.9 Å². The molecule has 0 unspecified atom stereocenters. The molecule has 0 bridgehead atoms. The van der Waals surface area contributed by atoms with E-state index in [-0.39, 0.29) is 16.2 Å². The Bertz CT molecular complexity index is 585. The van der Waals surface area contributed by atoms with E-state index in [9.17, 15) is 9.59 Å². The van der Waals surface area contributed by atoms with E-state index >= 15 is 0 Å². The molecule has 5 heteroatoms. The van der Waals surface area contributed by atoms with Gasteiger partial charge in [0, 0.05) is 25.2 Å². The summed E-state index contributed by atoms with van der Waals surface area (Å²) >= 11 is 5.19. The predicted molar refractivity (Wildman–Crippen MR) is 83.8 cm³/mol. The zero-order chi connectivity index (χ0) is 15.3. The van der Waals surface area contributed by atoms with Gasteiger partial charge in [-0.2, -0.15) is 0 Å². The second kappa shape index (κ2) is 7.53. The maximum Gasteiger partial charge on any atom is 0.254 e. The molecule has 0 N–H and O–H groups in total. The first-order chi connectivity index (χ1) is 9.34. The number of aryl methyl sites for hydroxylation is 1. The molecular formula is C15H24N2O2S. The molecule has 0 aliphatic carbocycles. The SMILES string of the molecule is Cc1cc(=O)n(C)c(=S)n1C(=O)CCCCCC(C)C. The lowest BCUT2D eigenvalue weighted by Crippen LogP contribution is -2.26. The number of unbranched alkanes of at least 4 members (excludes halogenated alkanes) is 2. The Hall–Kier alpha value is -1.23. The van der Waals surface area contributed by atoms with Gasteiger partial charge in [-0.1, -0.05) is 33.1 Å². The van der Waals surface area contributed by atoms with Crippen molar-refractivity contribution >= 4 is 18.1 Å². The largest absolute Gasteiger partial charge is 0.288 e. The summed E-state index contributed by atoms with van der Waals surface area (Å²) in [4.78, 5) is 23.8. The molecule has 0 aromatic carbocycles. The molecule has 0 fully saturated rings. The minimum absolute atomic E-state index is 0.0207. The molecule has 1 aromatic rings. The third kappa shape index (κ3) is 4.40. The van der Waals surface area contributed by atoms with Crippen molar-refractivity contribution in [2.75, 3.05) is 0 Å². The highest BCUT2D eigenvalue weighted by Gasteiger charge is 2.10. The Labute approximate surface area is 125 Å². The Morgan fingerprint density at radius 2 is 1.95 bits per heavy atom. The zero-order valence-electron chi connectivity index (χ0n) is 12.8. The molecule has 0 radical (unpaired) electrons. The number of hydrogen-bond acceptors (Lipinski definition) is 3. The van der Waals surface area contributed by atoms with Gasteiger partial charge < -0.3 is 0 Å². The molecule has 20 heavy (non-hydrogen) atoms. The van der Waals surface area contributed by atoms with Gasteiger partial charge in [0.15, 0.2) is 4.77 Å². The van der Waals surface area contributed by atoms with E-state index in [1.807, 2.05) is 0 Å². The summed E-state index contributed by atoms with van der Waals surface area (Å²) in [5.41, 5.74) is 0.443. The zero-order valence-corrected chi connectivity index (χ0v) is 13.6. The van der Waals surface area contributed by atoms with E-state index in [0.717, 1.165) is 19.3 Å². The third-order valence-corrected chi connectivity index (χ3v) is 3.87. The lowest BCUT2D eigenvalue weighted by Gasteiger charge is -2.11. The molecule has 1 rings (SSSR count). The van der Waals surface area contributed by atoms with Crippen molar-refractivity contribution in [3.05, 3.63) is 26.9 Å². The molecule has 112 valence electrons. The van der Waals surface area contributed by atoms with Crippen LogP contribution in [0, 0.1) is 17.6 Å². The first kappa shape index (κ1) is 16.8. The van der Waals surface area contributed by atoms with Crippen LogP contribution in [0.4, 0.5) is 0 Å². The van der Waals surface area contributed by atoms with Gasteiger partial charge in [-0.15, -0.1) is 0 Å². The Balaban J connectivity index is 2.68. The molecule has 0 atom stereocenters. The Kier molecular flexibility index (Phi) is 6.33. The fourth-order valence-corrected chi connectivity index (χ4v) is 2.49. The molecule has 4 nitrogen and oxygen atoms in total. The van der Waals surface area contributed by atoms with E-state index in [2.05, 4.69) is 13.8 Å². The number of hydrogen-bond donors (Lipinski definition) is 0. The van der Waals surface area contributed by atoms with E-state index < -0.39 is 0 Å². The standard InChI is InChI=1S/C15H24N2O2S/c1-11(2)8-6-5-7-9-13(18)17-12(3)10-14(19)16(4)15(17)20/h10-11H,5-9H2,1-4H3. The van der Waals surface area contributed by atoms with Crippen LogP contribution in [0.25, 0.3) is 0 Å². The topological polar surface area (TPSA) is 44.0 Å². The maximum atomic E-state index is 12.2. The molecule has 1 heterocycles. The van der Waals surface area contributed by atoms with Crippen molar-refractivity contribution in [2.24, 2.45) is 13.0 Å². The maximum absolute atomic E-state index is 12.2. The van der Waals surface area contributed by atoms with Crippen LogP contribution in [0.3, 0.4) is 0 Å². The van der Waals surface area contributed by atoms with Gasteiger partial charge in [-0.25, -0.2) is 0 Å². The van der Waals surface area contributed by atoms with Crippen LogP contribution < -0.4 is 5.56 Å². The van der Waals surface area contributed by atoms with Crippen LogP contribution in [0.5, 0.6) is 0 Å². The number of aromatic nitrogens is 2. The number of carbonyl (C=O) groups is 1. The molecule has 0 spiro atoms. The summed E-state index contributed by atoms with van der Waals surface area (Å²) < 4.78 is 3.08. The number of carbonyl (C=O) groups excluding carboxylic acids is 1. The fraction of sp³-hybridized carbons (Fsp3) is 0.667. The minimum atomic E-state index is -0.173. The lowest BCUT2D eigenvalue weighted by atomic mass is 10.0. The number of rotatable bonds is 6. The summed E-state index contributed by atoms with van der Waals surface area (Å²) in [6.45, 7) is 6.16. The summed E-state index contributed by atoms with van der Waals surface area (Å²) in [6, 6.07) is 1.45. The van der Waals surface area contributed by atoms with Crippen molar-refractivity contribution < 1.29 is 4.79 Å². The quantitative estimate of drug-likeness (QED) is 0.596. The Morgan fingerprint density at radius 3 is 2.55 bits per heavy atom. The highest BCUT2D eigenvalue weighted by molar-refractivity contribution is 7.71. The van der Waals surface area contributed by atoms with Crippen LogP contribution in [0.2, 0.25) is 0 Å².